The van der Waals surface area contributed by atoms with Crippen molar-refractivity contribution in [2.75, 3.05) is 6.61 Å². The molecule has 152 valence electrons. The predicted octanol–water partition coefficient (Wildman–Crippen LogP) is 5.85. The van der Waals surface area contributed by atoms with Gasteiger partial charge in [-0.1, -0.05) is 36.4 Å². The van der Waals surface area contributed by atoms with Gasteiger partial charge < -0.3 is 14.5 Å². The number of nitrogens with one attached hydrogen (secondary N) is 1. The highest BCUT2D eigenvalue weighted by molar-refractivity contribution is 14.1. The van der Waals surface area contributed by atoms with E-state index in [0.717, 1.165) is 41.0 Å². The Balaban J connectivity index is 1.72. The fourth-order valence-electron chi connectivity index (χ4n) is 3.34. The third-order valence-corrected chi connectivity index (χ3v) is 5.65. The zero-order chi connectivity index (χ0) is 20.8. The molecule has 0 radical (unpaired) electrons. The Bertz CT molecular complexity index is 1010. The molecule has 0 saturated heterocycles. The van der Waals surface area contributed by atoms with Crippen molar-refractivity contribution in [2.45, 2.75) is 40.2 Å². The number of pyridine rings is 1. The molecule has 4 nitrogen and oxygen atoms in total. The van der Waals surface area contributed by atoms with Gasteiger partial charge in [-0.05, 0) is 85.0 Å². The molecule has 0 aliphatic heterocycles. The van der Waals surface area contributed by atoms with Gasteiger partial charge in [-0.15, -0.1) is 0 Å². The fourth-order valence-corrected chi connectivity index (χ4v) is 3.91. The van der Waals surface area contributed by atoms with Crippen LogP contribution in [0.5, 0.6) is 11.5 Å². The second-order valence-electron chi connectivity index (χ2n) is 7.27. The third-order valence-electron chi connectivity index (χ3n) is 4.67. The van der Waals surface area contributed by atoms with Gasteiger partial charge in [0.05, 0.1) is 6.61 Å². The molecule has 0 unspecified atom stereocenters. The lowest BCUT2D eigenvalue weighted by Gasteiger charge is -2.16. The predicted molar refractivity (Wildman–Crippen MR) is 125 cm³/mol. The maximum Gasteiger partial charge on any atom is 0.265 e. The van der Waals surface area contributed by atoms with Crippen molar-refractivity contribution in [1.82, 2.24) is 4.98 Å². The molecule has 1 N–H and O–H groups in total. The molecular weight excluding hydrogens is 477 g/mol. The molecule has 29 heavy (non-hydrogen) atoms. The van der Waals surface area contributed by atoms with Crippen molar-refractivity contribution in [3.05, 3.63) is 90.4 Å². The first kappa shape index (κ1) is 21.6. The van der Waals surface area contributed by atoms with Crippen molar-refractivity contribution < 1.29 is 9.47 Å². The van der Waals surface area contributed by atoms with Crippen LogP contribution >= 0.6 is 22.6 Å². The zero-order valence-corrected chi connectivity index (χ0v) is 19.2. The number of aryl methyl sites for hydroxylation is 3. The number of H-pyrrole nitrogens is 1. The average Bonchev–Trinajstić information content (AvgIpc) is 2.67. The molecule has 0 fully saturated rings. The van der Waals surface area contributed by atoms with Gasteiger partial charge in [-0.25, -0.2) is 0 Å². The number of ether oxygens (including phenoxy) is 2. The number of benzene rings is 2. The van der Waals surface area contributed by atoms with Gasteiger partial charge in [0.2, 0.25) is 0 Å². The third kappa shape index (κ3) is 5.93. The van der Waals surface area contributed by atoms with E-state index in [1.165, 1.54) is 5.56 Å². The first-order valence-electron chi connectivity index (χ1n) is 9.73. The second kappa shape index (κ2) is 10.1. The van der Waals surface area contributed by atoms with Crippen LogP contribution in [0, 0.1) is 24.3 Å². The monoisotopic (exact) mass is 503 g/mol. The fraction of sp³-hybridized carbons (Fsp3) is 0.292. The molecule has 3 aromatic rings. The standard InChI is InChI=1S/C24H26INO3/c1-16-12-17(2)14-20(13-16)29-23-21(18(3)26-24(27)22(23)25)10-7-11-28-15-19-8-5-4-6-9-19/h4-6,8-9,12-14H,7,10-11,15H2,1-3H3,(H,26,27). The molecule has 0 aliphatic carbocycles. The van der Waals surface area contributed by atoms with Crippen molar-refractivity contribution in [1.29, 1.82) is 0 Å². The van der Waals surface area contributed by atoms with Crippen LogP contribution in [0.2, 0.25) is 0 Å². The molecule has 0 spiro atoms. The Kier molecular flexibility index (Phi) is 7.50. The maximum absolute atomic E-state index is 12.3. The number of aromatic nitrogens is 1. The molecule has 2 aromatic carbocycles. The van der Waals surface area contributed by atoms with Crippen molar-refractivity contribution in [3.63, 3.8) is 0 Å². The van der Waals surface area contributed by atoms with E-state index in [9.17, 15) is 4.79 Å². The van der Waals surface area contributed by atoms with Crippen LogP contribution in [0.3, 0.4) is 0 Å². The summed E-state index contributed by atoms with van der Waals surface area (Å²) < 4.78 is 12.6. The Morgan fingerprint density at radius 3 is 2.38 bits per heavy atom. The molecule has 0 amide bonds. The van der Waals surface area contributed by atoms with E-state index in [1.807, 2.05) is 51.1 Å². The summed E-state index contributed by atoms with van der Waals surface area (Å²) >= 11 is 2.07. The van der Waals surface area contributed by atoms with Crippen molar-refractivity contribution in [2.24, 2.45) is 0 Å². The SMILES string of the molecule is Cc1cc(C)cc(Oc2c(CCCOCc3ccccc3)c(C)[nH]c(=O)c2I)c1. The largest absolute Gasteiger partial charge is 0.456 e. The van der Waals surface area contributed by atoms with Crippen LogP contribution in [-0.2, 0) is 17.8 Å². The van der Waals surface area contributed by atoms with Crippen LogP contribution < -0.4 is 10.3 Å². The van der Waals surface area contributed by atoms with E-state index < -0.39 is 0 Å². The summed E-state index contributed by atoms with van der Waals surface area (Å²) in [6, 6.07) is 16.2. The van der Waals surface area contributed by atoms with Gasteiger partial charge in [-0.3, -0.25) is 4.79 Å². The lowest BCUT2D eigenvalue weighted by molar-refractivity contribution is 0.118. The number of halogens is 1. The Labute approximate surface area is 185 Å². The van der Waals surface area contributed by atoms with Gasteiger partial charge in [-0.2, -0.15) is 0 Å². The zero-order valence-electron chi connectivity index (χ0n) is 17.0. The first-order valence-corrected chi connectivity index (χ1v) is 10.8. The Morgan fingerprint density at radius 1 is 1.00 bits per heavy atom. The van der Waals surface area contributed by atoms with Gasteiger partial charge >= 0.3 is 0 Å². The lowest BCUT2D eigenvalue weighted by atomic mass is 10.1. The highest BCUT2D eigenvalue weighted by Crippen LogP contribution is 2.31. The maximum atomic E-state index is 12.3. The molecule has 0 bridgehead atoms. The van der Waals surface area contributed by atoms with Gasteiger partial charge in [0.1, 0.15) is 9.32 Å². The van der Waals surface area contributed by atoms with Crippen molar-refractivity contribution >= 4 is 22.6 Å². The lowest BCUT2D eigenvalue weighted by Crippen LogP contribution is -2.16. The van der Waals surface area contributed by atoms with Gasteiger partial charge in [0, 0.05) is 17.9 Å². The highest BCUT2D eigenvalue weighted by atomic mass is 127. The molecule has 1 heterocycles. The second-order valence-corrected chi connectivity index (χ2v) is 8.35. The van der Waals surface area contributed by atoms with Crippen LogP contribution in [0.1, 0.15) is 34.4 Å². The normalized spacial score (nSPS) is 10.9. The molecule has 0 aliphatic rings. The summed E-state index contributed by atoms with van der Waals surface area (Å²) in [6.45, 7) is 7.26. The van der Waals surface area contributed by atoms with Gasteiger partial charge in [0.25, 0.3) is 5.56 Å². The molecule has 1 aromatic heterocycles. The van der Waals surface area contributed by atoms with E-state index >= 15 is 0 Å². The van der Waals surface area contributed by atoms with Crippen LogP contribution in [0.4, 0.5) is 0 Å². The van der Waals surface area contributed by atoms with E-state index in [1.54, 1.807) is 0 Å². The molecule has 0 atom stereocenters. The number of hydrogen-bond acceptors (Lipinski definition) is 3. The van der Waals surface area contributed by atoms with E-state index in [2.05, 4.69) is 45.8 Å². The molecule has 5 heteroatoms. The number of aromatic amines is 1. The summed E-state index contributed by atoms with van der Waals surface area (Å²) in [5.41, 5.74) is 5.18. The quantitative estimate of drug-likeness (QED) is 0.310. The minimum atomic E-state index is -0.119. The topological polar surface area (TPSA) is 51.3 Å². The van der Waals surface area contributed by atoms with Crippen molar-refractivity contribution in [3.8, 4) is 11.5 Å². The minimum Gasteiger partial charge on any atom is -0.456 e. The smallest absolute Gasteiger partial charge is 0.265 e. The first-order chi connectivity index (χ1) is 13.9. The van der Waals surface area contributed by atoms with Crippen LogP contribution in [-0.4, -0.2) is 11.6 Å². The summed E-state index contributed by atoms with van der Waals surface area (Å²) in [5.74, 6) is 1.41. The number of hydrogen-bond donors (Lipinski definition) is 1. The van der Waals surface area contributed by atoms with Crippen LogP contribution in [0.25, 0.3) is 0 Å². The van der Waals surface area contributed by atoms with E-state index in [4.69, 9.17) is 9.47 Å². The molecule has 0 saturated carbocycles. The summed E-state index contributed by atoms with van der Waals surface area (Å²) in [5, 5.41) is 0. The molecular formula is C24H26INO3. The summed E-state index contributed by atoms with van der Waals surface area (Å²) in [4.78, 5) is 15.2. The highest BCUT2D eigenvalue weighted by Gasteiger charge is 2.16. The van der Waals surface area contributed by atoms with Gasteiger partial charge in [0.15, 0.2) is 5.75 Å². The number of rotatable bonds is 8. The minimum absolute atomic E-state index is 0.119. The molecule has 3 rings (SSSR count). The van der Waals surface area contributed by atoms with Crippen LogP contribution in [0.15, 0.2) is 53.3 Å². The van der Waals surface area contributed by atoms with E-state index in [0.29, 0.717) is 22.5 Å². The summed E-state index contributed by atoms with van der Waals surface area (Å²) in [7, 11) is 0. The Hall–Kier alpha value is -2.12. The average molecular weight is 503 g/mol. The summed E-state index contributed by atoms with van der Waals surface area (Å²) in [6.07, 6.45) is 1.62. The Morgan fingerprint density at radius 2 is 1.69 bits per heavy atom. The van der Waals surface area contributed by atoms with E-state index in [-0.39, 0.29) is 5.56 Å².